The van der Waals surface area contributed by atoms with Gasteiger partial charge in [0.1, 0.15) is 0 Å². The minimum atomic E-state index is 0.717. The van der Waals surface area contributed by atoms with E-state index in [1.807, 2.05) is 11.7 Å². The van der Waals surface area contributed by atoms with Crippen molar-refractivity contribution in [3.05, 3.63) is 17.5 Å². The molecule has 0 saturated carbocycles. The molecule has 0 radical (unpaired) electrons. The number of piperidine rings is 1. The molecule has 1 aromatic rings. The second-order valence-electron chi connectivity index (χ2n) is 6.23. The van der Waals surface area contributed by atoms with Crippen molar-refractivity contribution in [2.75, 3.05) is 26.2 Å². The molecule has 1 aromatic heterocycles. The van der Waals surface area contributed by atoms with Gasteiger partial charge in [0.15, 0.2) is 0 Å². The summed E-state index contributed by atoms with van der Waals surface area (Å²) in [5, 5.41) is 8.09. The van der Waals surface area contributed by atoms with Crippen LogP contribution in [0, 0.1) is 5.92 Å². The van der Waals surface area contributed by atoms with E-state index in [0.717, 1.165) is 25.4 Å². The minimum absolute atomic E-state index is 0.717. The van der Waals surface area contributed by atoms with E-state index in [4.69, 9.17) is 0 Å². The topological polar surface area (TPSA) is 33.1 Å². The Balaban J connectivity index is 1.69. The predicted molar refractivity (Wildman–Crippen MR) is 83.7 cm³/mol. The molecular weight excluding hydrogens is 248 g/mol. The Hall–Kier alpha value is -0.870. The fraction of sp³-hybridized carbons (Fsp3) is 0.812. The van der Waals surface area contributed by atoms with Crippen molar-refractivity contribution >= 4 is 0 Å². The van der Waals surface area contributed by atoms with Crippen LogP contribution in [0.25, 0.3) is 0 Å². The highest BCUT2D eigenvalue weighted by molar-refractivity contribution is 5.16. The third-order valence-electron chi connectivity index (χ3n) is 4.15. The number of aryl methyl sites for hydroxylation is 2. The Morgan fingerprint density at radius 1 is 1.30 bits per heavy atom. The molecule has 2 rings (SSSR count). The second-order valence-corrected chi connectivity index (χ2v) is 6.23. The second kappa shape index (κ2) is 7.79. The minimum Gasteiger partial charge on any atom is -0.312 e. The molecule has 4 nitrogen and oxygen atoms in total. The smallest absolute Gasteiger partial charge is 0.0666 e. The standard InChI is InChI=1S/C16H30N4/c1-4-16-15(13-19(3)18-16)11-17-10-14(2)12-20-8-6-5-7-9-20/h13-14,17H,4-12H2,1-3H3. The van der Waals surface area contributed by atoms with E-state index >= 15 is 0 Å². The molecular formula is C16H30N4. The molecule has 1 fully saturated rings. The van der Waals surface area contributed by atoms with Gasteiger partial charge in [0.2, 0.25) is 0 Å². The molecule has 2 heterocycles. The Kier molecular flexibility index (Phi) is 6.05. The highest BCUT2D eigenvalue weighted by Gasteiger charge is 2.13. The van der Waals surface area contributed by atoms with E-state index < -0.39 is 0 Å². The van der Waals surface area contributed by atoms with Gasteiger partial charge < -0.3 is 10.2 Å². The van der Waals surface area contributed by atoms with E-state index in [2.05, 4.69) is 35.4 Å². The number of rotatable bonds is 7. The van der Waals surface area contributed by atoms with Crippen LogP contribution in [-0.4, -0.2) is 40.9 Å². The van der Waals surface area contributed by atoms with Crippen LogP contribution < -0.4 is 5.32 Å². The number of hydrogen-bond acceptors (Lipinski definition) is 3. The van der Waals surface area contributed by atoms with Gasteiger partial charge in [-0.25, -0.2) is 0 Å². The molecule has 1 saturated heterocycles. The Morgan fingerprint density at radius 2 is 2.05 bits per heavy atom. The van der Waals surface area contributed by atoms with E-state index in [1.54, 1.807) is 0 Å². The van der Waals surface area contributed by atoms with Crippen molar-refractivity contribution < 1.29 is 0 Å². The number of nitrogens with zero attached hydrogens (tertiary/aromatic N) is 3. The summed E-state index contributed by atoms with van der Waals surface area (Å²) < 4.78 is 1.92. The summed E-state index contributed by atoms with van der Waals surface area (Å²) in [7, 11) is 2.00. The zero-order chi connectivity index (χ0) is 14.4. The van der Waals surface area contributed by atoms with Gasteiger partial charge in [0.05, 0.1) is 5.69 Å². The SMILES string of the molecule is CCc1nn(C)cc1CNCC(C)CN1CCCCC1. The first-order chi connectivity index (χ1) is 9.69. The Morgan fingerprint density at radius 3 is 2.75 bits per heavy atom. The molecule has 0 aliphatic carbocycles. The van der Waals surface area contributed by atoms with Crippen molar-refractivity contribution in [2.24, 2.45) is 13.0 Å². The maximum Gasteiger partial charge on any atom is 0.0666 e. The van der Waals surface area contributed by atoms with Crippen molar-refractivity contribution in [1.29, 1.82) is 0 Å². The molecule has 0 amide bonds. The molecule has 1 atom stereocenters. The van der Waals surface area contributed by atoms with Gasteiger partial charge in [0.25, 0.3) is 0 Å². The van der Waals surface area contributed by atoms with Crippen LogP contribution in [0.1, 0.15) is 44.4 Å². The number of nitrogens with one attached hydrogen (secondary N) is 1. The molecule has 0 aromatic carbocycles. The zero-order valence-corrected chi connectivity index (χ0v) is 13.4. The van der Waals surface area contributed by atoms with Crippen LogP contribution in [-0.2, 0) is 20.0 Å². The Labute approximate surface area is 123 Å². The third-order valence-corrected chi connectivity index (χ3v) is 4.15. The lowest BCUT2D eigenvalue weighted by Crippen LogP contribution is -2.36. The van der Waals surface area contributed by atoms with E-state index in [1.165, 1.54) is 50.2 Å². The van der Waals surface area contributed by atoms with Crippen LogP contribution >= 0.6 is 0 Å². The summed E-state index contributed by atoms with van der Waals surface area (Å²) in [6.07, 6.45) is 7.34. The van der Waals surface area contributed by atoms with Crippen molar-refractivity contribution in [1.82, 2.24) is 20.0 Å². The number of likely N-dealkylation sites (tertiary alicyclic amines) is 1. The average Bonchev–Trinajstić information content (AvgIpc) is 2.80. The summed E-state index contributed by atoms with van der Waals surface area (Å²) in [5.74, 6) is 0.717. The summed E-state index contributed by atoms with van der Waals surface area (Å²) in [5.41, 5.74) is 2.57. The van der Waals surface area contributed by atoms with Crippen molar-refractivity contribution in [3.8, 4) is 0 Å². The lowest BCUT2D eigenvalue weighted by Gasteiger charge is -2.29. The predicted octanol–water partition coefficient (Wildman–Crippen LogP) is 2.19. The van der Waals surface area contributed by atoms with Gasteiger partial charge in [-0.15, -0.1) is 0 Å². The Bertz CT molecular complexity index is 393. The molecule has 114 valence electrons. The fourth-order valence-corrected chi connectivity index (χ4v) is 3.13. The van der Waals surface area contributed by atoms with E-state index in [9.17, 15) is 0 Å². The highest BCUT2D eigenvalue weighted by atomic mass is 15.3. The maximum absolute atomic E-state index is 4.49. The quantitative estimate of drug-likeness (QED) is 0.830. The summed E-state index contributed by atoms with van der Waals surface area (Å²) in [6, 6.07) is 0. The van der Waals surface area contributed by atoms with Gasteiger partial charge in [-0.3, -0.25) is 4.68 Å². The van der Waals surface area contributed by atoms with E-state index in [0.29, 0.717) is 0 Å². The van der Waals surface area contributed by atoms with Gasteiger partial charge >= 0.3 is 0 Å². The lowest BCUT2D eigenvalue weighted by molar-refractivity contribution is 0.199. The lowest BCUT2D eigenvalue weighted by atomic mass is 10.1. The monoisotopic (exact) mass is 278 g/mol. The largest absolute Gasteiger partial charge is 0.312 e. The molecule has 1 unspecified atom stereocenters. The zero-order valence-electron chi connectivity index (χ0n) is 13.4. The molecule has 1 aliphatic heterocycles. The van der Waals surface area contributed by atoms with Crippen molar-refractivity contribution in [2.45, 2.75) is 46.1 Å². The normalized spacial score (nSPS) is 18.4. The molecule has 0 bridgehead atoms. The van der Waals surface area contributed by atoms with Gasteiger partial charge in [-0.05, 0) is 44.8 Å². The van der Waals surface area contributed by atoms with Crippen LogP contribution in [0.15, 0.2) is 6.20 Å². The van der Waals surface area contributed by atoms with Gasteiger partial charge in [0, 0.05) is 31.9 Å². The fourth-order valence-electron chi connectivity index (χ4n) is 3.13. The van der Waals surface area contributed by atoms with Crippen LogP contribution in [0.2, 0.25) is 0 Å². The van der Waals surface area contributed by atoms with Crippen LogP contribution in [0.4, 0.5) is 0 Å². The maximum atomic E-state index is 4.49. The number of aromatic nitrogens is 2. The molecule has 1 N–H and O–H groups in total. The first-order valence-electron chi connectivity index (χ1n) is 8.13. The van der Waals surface area contributed by atoms with E-state index in [-0.39, 0.29) is 0 Å². The molecule has 20 heavy (non-hydrogen) atoms. The third kappa shape index (κ3) is 4.60. The van der Waals surface area contributed by atoms with Crippen molar-refractivity contribution in [3.63, 3.8) is 0 Å². The summed E-state index contributed by atoms with van der Waals surface area (Å²) in [6.45, 7) is 10.4. The summed E-state index contributed by atoms with van der Waals surface area (Å²) >= 11 is 0. The average molecular weight is 278 g/mol. The number of hydrogen-bond donors (Lipinski definition) is 1. The highest BCUT2D eigenvalue weighted by Crippen LogP contribution is 2.11. The van der Waals surface area contributed by atoms with Gasteiger partial charge in [-0.2, -0.15) is 5.10 Å². The summed E-state index contributed by atoms with van der Waals surface area (Å²) in [4.78, 5) is 2.62. The first kappa shape index (κ1) is 15.5. The van der Waals surface area contributed by atoms with Gasteiger partial charge in [-0.1, -0.05) is 20.3 Å². The molecule has 0 spiro atoms. The van der Waals surface area contributed by atoms with Crippen LogP contribution in [0.5, 0.6) is 0 Å². The first-order valence-corrected chi connectivity index (χ1v) is 8.13. The molecule has 4 heteroatoms. The molecule has 1 aliphatic rings. The van der Waals surface area contributed by atoms with Crippen LogP contribution in [0.3, 0.4) is 0 Å².